The lowest BCUT2D eigenvalue weighted by molar-refractivity contribution is 0.151. The molecule has 0 bridgehead atoms. The molecule has 6 heteroatoms. The van der Waals surface area contributed by atoms with Crippen LogP contribution >= 0.6 is 0 Å². The Bertz CT molecular complexity index is 743. The van der Waals surface area contributed by atoms with Crippen LogP contribution in [0.5, 0.6) is 11.5 Å². The zero-order valence-corrected chi connectivity index (χ0v) is 15.1. The molecule has 1 saturated heterocycles. The molecule has 0 spiro atoms. The molecule has 1 atom stereocenters. The van der Waals surface area contributed by atoms with Crippen molar-refractivity contribution in [2.24, 2.45) is 5.92 Å². The molecule has 1 fully saturated rings. The second kappa shape index (κ2) is 7.04. The molecule has 0 unspecified atom stereocenters. The number of hydrogen-bond acceptors (Lipinski definition) is 5. The van der Waals surface area contributed by atoms with Gasteiger partial charge in [0.2, 0.25) is 0 Å². The van der Waals surface area contributed by atoms with Crippen molar-refractivity contribution in [2.45, 2.75) is 39.8 Å². The van der Waals surface area contributed by atoms with Crippen LogP contribution in [0.25, 0.3) is 0 Å². The van der Waals surface area contributed by atoms with Crippen molar-refractivity contribution >= 4 is 0 Å². The van der Waals surface area contributed by atoms with Crippen molar-refractivity contribution < 1.29 is 9.47 Å². The van der Waals surface area contributed by atoms with Gasteiger partial charge in [-0.05, 0) is 56.8 Å². The van der Waals surface area contributed by atoms with Crippen molar-refractivity contribution in [1.82, 2.24) is 19.7 Å². The third-order valence-electron chi connectivity index (χ3n) is 5.01. The first-order valence-corrected chi connectivity index (χ1v) is 9.16. The molecular weight excluding hydrogens is 316 g/mol. The summed E-state index contributed by atoms with van der Waals surface area (Å²) in [6.45, 7) is 9.45. The third kappa shape index (κ3) is 3.79. The molecule has 0 saturated carbocycles. The molecule has 2 aliphatic heterocycles. The van der Waals surface area contributed by atoms with Gasteiger partial charge in [0.1, 0.15) is 24.9 Å². The van der Waals surface area contributed by atoms with E-state index >= 15 is 0 Å². The van der Waals surface area contributed by atoms with Gasteiger partial charge in [0.15, 0.2) is 11.5 Å². The zero-order valence-electron chi connectivity index (χ0n) is 15.1. The fourth-order valence-corrected chi connectivity index (χ4v) is 3.87. The number of likely N-dealkylation sites (tertiary alicyclic amines) is 1. The molecule has 0 amide bonds. The lowest BCUT2D eigenvalue weighted by Gasteiger charge is -2.33. The molecule has 0 radical (unpaired) electrons. The van der Waals surface area contributed by atoms with Gasteiger partial charge in [-0.3, -0.25) is 4.90 Å². The number of rotatable bonds is 4. The van der Waals surface area contributed by atoms with Crippen molar-refractivity contribution in [2.75, 3.05) is 26.3 Å². The van der Waals surface area contributed by atoms with E-state index in [9.17, 15) is 0 Å². The number of nitrogens with zero attached hydrogens (tertiary/aromatic N) is 4. The highest BCUT2D eigenvalue weighted by Gasteiger charge is 2.22. The lowest BCUT2D eigenvalue weighted by Crippen LogP contribution is -2.36. The summed E-state index contributed by atoms with van der Waals surface area (Å²) in [5.74, 6) is 4.25. The fourth-order valence-electron chi connectivity index (χ4n) is 3.87. The monoisotopic (exact) mass is 342 g/mol. The van der Waals surface area contributed by atoms with E-state index in [1.54, 1.807) is 0 Å². The van der Waals surface area contributed by atoms with E-state index in [0.717, 1.165) is 49.3 Å². The molecule has 25 heavy (non-hydrogen) atoms. The van der Waals surface area contributed by atoms with E-state index in [-0.39, 0.29) is 0 Å². The number of benzene rings is 1. The first-order chi connectivity index (χ1) is 12.2. The molecule has 2 aliphatic rings. The smallest absolute Gasteiger partial charge is 0.161 e. The lowest BCUT2D eigenvalue weighted by atomic mass is 9.97. The highest BCUT2D eigenvalue weighted by Crippen LogP contribution is 2.31. The van der Waals surface area contributed by atoms with Crippen LogP contribution in [-0.4, -0.2) is 46.0 Å². The van der Waals surface area contributed by atoms with E-state index in [0.29, 0.717) is 19.1 Å². The third-order valence-corrected chi connectivity index (χ3v) is 5.01. The summed E-state index contributed by atoms with van der Waals surface area (Å²) >= 11 is 0. The first kappa shape index (κ1) is 16.4. The van der Waals surface area contributed by atoms with E-state index in [2.05, 4.69) is 31.8 Å². The standard InChI is InChI=1S/C19H26N4O2/c1-14-20-15(2)23(21-14)13-17-4-3-7-22(12-17)11-16-5-6-18-19(10-16)25-9-8-24-18/h5-6,10,17H,3-4,7-9,11-13H2,1-2H3/t17-/m0/s1. The van der Waals surface area contributed by atoms with Gasteiger partial charge in [0.05, 0.1) is 0 Å². The minimum absolute atomic E-state index is 0.630. The number of ether oxygens (including phenoxy) is 2. The summed E-state index contributed by atoms with van der Waals surface area (Å²) in [6.07, 6.45) is 2.50. The van der Waals surface area contributed by atoms with Crippen LogP contribution in [0.3, 0.4) is 0 Å². The second-order valence-electron chi connectivity index (χ2n) is 7.11. The van der Waals surface area contributed by atoms with Gasteiger partial charge in [-0.2, -0.15) is 5.10 Å². The molecule has 1 aromatic carbocycles. The van der Waals surface area contributed by atoms with E-state index < -0.39 is 0 Å². The molecule has 134 valence electrons. The van der Waals surface area contributed by atoms with Crippen molar-refractivity contribution in [3.05, 3.63) is 35.4 Å². The van der Waals surface area contributed by atoms with Crippen LogP contribution in [0.4, 0.5) is 0 Å². The van der Waals surface area contributed by atoms with Crippen LogP contribution in [0.15, 0.2) is 18.2 Å². The molecule has 1 aromatic heterocycles. The normalized spacial score (nSPS) is 20.6. The maximum atomic E-state index is 5.71. The number of piperidine rings is 1. The van der Waals surface area contributed by atoms with E-state index in [1.165, 1.54) is 18.4 Å². The molecule has 6 nitrogen and oxygen atoms in total. The first-order valence-electron chi connectivity index (χ1n) is 9.16. The minimum atomic E-state index is 0.630. The maximum absolute atomic E-state index is 5.71. The van der Waals surface area contributed by atoms with Crippen LogP contribution in [0.1, 0.15) is 30.1 Å². The highest BCUT2D eigenvalue weighted by atomic mass is 16.6. The van der Waals surface area contributed by atoms with Crippen molar-refractivity contribution in [1.29, 1.82) is 0 Å². The SMILES string of the molecule is Cc1nc(C)n(C[C@H]2CCCN(Cc3ccc4c(c3)OCCO4)C2)n1. The van der Waals surface area contributed by atoms with Gasteiger partial charge < -0.3 is 9.47 Å². The Hall–Kier alpha value is -2.08. The summed E-state index contributed by atoms with van der Waals surface area (Å²) in [4.78, 5) is 6.96. The number of aromatic nitrogens is 3. The summed E-state index contributed by atoms with van der Waals surface area (Å²) in [6, 6.07) is 6.32. The predicted octanol–water partition coefficient (Wildman–Crippen LogP) is 2.58. The van der Waals surface area contributed by atoms with Gasteiger partial charge in [0.25, 0.3) is 0 Å². The molecule has 0 aliphatic carbocycles. The largest absolute Gasteiger partial charge is 0.486 e. The van der Waals surface area contributed by atoms with Gasteiger partial charge in [-0.25, -0.2) is 9.67 Å². The minimum Gasteiger partial charge on any atom is -0.486 e. The molecular formula is C19H26N4O2. The van der Waals surface area contributed by atoms with E-state index in [4.69, 9.17) is 9.47 Å². The van der Waals surface area contributed by atoms with Gasteiger partial charge in [-0.15, -0.1) is 0 Å². The van der Waals surface area contributed by atoms with Gasteiger partial charge >= 0.3 is 0 Å². The number of aryl methyl sites for hydroxylation is 2. The van der Waals surface area contributed by atoms with Crippen molar-refractivity contribution in [3.63, 3.8) is 0 Å². The Balaban J connectivity index is 1.39. The average molecular weight is 342 g/mol. The summed E-state index contributed by atoms with van der Waals surface area (Å²) < 4.78 is 13.4. The number of fused-ring (bicyclic) bond motifs is 1. The summed E-state index contributed by atoms with van der Waals surface area (Å²) in [5.41, 5.74) is 1.29. The zero-order chi connectivity index (χ0) is 17.2. The Morgan fingerprint density at radius 1 is 1.16 bits per heavy atom. The average Bonchev–Trinajstić information content (AvgIpc) is 2.92. The maximum Gasteiger partial charge on any atom is 0.161 e. The molecule has 3 heterocycles. The van der Waals surface area contributed by atoms with Crippen molar-refractivity contribution in [3.8, 4) is 11.5 Å². The Morgan fingerprint density at radius 3 is 2.80 bits per heavy atom. The summed E-state index contributed by atoms with van der Waals surface area (Å²) in [5, 5.41) is 4.52. The van der Waals surface area contributed by atoms with Crippen LogP contribution in [-0.2, 0) is 13.1 Å². The quantitative estimate of drug-likeness (QED) is 0.855. The van der Waals surface area contributed by atoms with Gasteiger partial charge in [-0.1, -0.05) is 6.07 Å². The Kier molecular flexibility index (Phi) is 4.61. The number of hydrogen-bond donors (Lipinski definition) is 0. The Morgan fingerprint density at radius 2 is 2.00 bits per heavy atom. The molecule has 2 aromatic rings. The van der Waals surface area contributed by atoms with Gasteiger partial charge in [0, 0.05) is 19.6 Å². The van der Waals surface area contributed by atoms with Crippen LogP contribution < -0.4 is 9.47 Å². The predicted molar refractivity (Wildman–Crippen MR) is 94.9 cm³/mol. The highest BCUT2D eigenvalue weighted by molar-refractivity contribution is 5.43. The summed E-state index contributed by atoms with van der Waals surface area (Å²) in [7, 11) is 0. The molecule has 0 N–H and O–H groups in total. The van der Waals surface area contributed by atoms with Crippen LogP contribution in [0.2, 0.25) is 0 Å². The Labute approximate surface area is 148 Å². The van der Waals surface area contributed by atoms with Crippen LogP contribution in [0, 0.1) is 19.8 Å². The topological polar surface area (TPSA) is 52.4 Å². The second-order valence-corrected chi connectivity index (χ2v) is 7.11. The fraction of sp³-hybridized carbons (Fsp3) is 0.579. The van der Waals surface area contributed by atoms with E-state index in [1.807, 2.05) is 19.9 Å². The molecule has 4 rings (SSSR count).